The summed E-state index contributed by atoms with van der Waals surface area (Å²) in [6.45, 7) is 4.32. The first-order valence-corrected chi connectivity index (χ1v) is 13.7. The van der Waals surface area contributed by atoms with Crippen molar-refractivity contribution in [1.29, 1.82) is 0 Å². The molecule has 1 aliphatic heterocycles. The van der Waals surface area contributed by atoms with E-state index in [9.17, 15) is 14.0 Å². The van der Waals surface area contributed by atoms with Gasteiger partial charge in [-0.15, -0.1) is 0 Å². The van der Waals surface area contributed by atoms with Crippen molar-refractivity contribution in [3.05, 3.63) is 99.2 Å². The Balaban J connectivity index is 1.44. The van der Waals surface area contributed by atoms with Crippen LogP contribution >= 0.6 is 11.6 Å². The Bertz CT molecular complexity index is 1610. The lowest BCUT2D eigenvalue weighted by Crippen LogP contribution is -2.42. The van der Waals surface area contributed by atoms with Crippen LogP contribution in [0, 0.1) is 12.7 Å². The van der Waals surface area contributed by atoms with Crippen LogP contribution in [0.25, 0.3) is 16.9 Å². The first-order valence-electron chi connectivity index (χ1n) is 13.3. The van der Waals surface area contributed by atoms with Gasteiger partial charge in [0.1, 0.15) is 11.6 Å². The maximum absolute atomic E-state index is 14.4. The number of rotatable bonds is 8. The Morgan fingerprint density at radius 3 is 2.63 bits per heavy atom. The molecule has 41 heavy (non-hydrogen) atoms. The fourth-order valence-electron chi connectivity index (χ4n) is 5.23. The molecule has 1 fully saturated rings. The molecular weight excluding hydrogens is 547 g/mol. The molecule has 214 valence electrons. The van der Waals surface area contributed by atoms with Gasteiger partial charge in [-0.1, -0.05) is 35.9 Å². The van der Waals surface area contributed by atoms with Crippen molar-refractivity contribution in [3.63, 3.8) is 0 Å². The molecule has 3 heterocycles. The number of halogens is 2. The first-order chi connectivity index (χ1) is 19.7. The molecular formula is C30H32ClFN6O3. The summed E-state index contributed by atoms with van der Waals surface area (Å²) in [5.74, 6) is -0.136. The van der Waals surface area contributed by atoms with Gasteiger partial charge in [-0.3, -0.25) is 15.0 Å². The summed E-state index contributed by atoms with van der Waals surface area (Å²) in [5.41, 5.74) is 3.53. The van der Waals surface area contributed by atoms with E-state index in [1.165, 1.54) is 16.7 Å². The highest BCUT2D eigenvalue weighted by atomic mass is 35.5. The topological polar surface area (TPSA) is 93.4 Å². The van der Waals surface area contributed by atoms with Crippen molar-refractivity contribution in [2.45, 2.75) is 18.9 Å². The molecule has 5 rings (SSSR count). The predicted molar refractivity (Wildman–Crippen MR) is 157 cm³/mol. The summed E-state index contributed by atoms with van der Waals surface area (Å²) in [6, 6.07) is 16.8. The van der Waals surface area contributed by atoms with Crippen LogP contribution in [0.4, 0.5) is 15.0 Å². The van der Waals surface area contributed by atoms with E-state index in [1.807, 2.05) is 37.3 Å². The van der Waals surface area contributed by atoms with E-state index in [0.29, 0.717) is 37.8 Å². The minimum Gasteiger partial charge on any atom is -0.383 e. The van der Waals surface area contributed by atoms with Crippen LogP contribution in [-0.4, -0.2) is 64.7 Å². The fourth-order valence-corrected chi connectivity index (χ4v) is 5.35. The van der Waals surface area contributed by atoms with Crippen LogP contribution in [0.1, 0.15) is 17.0 Å². The zero-order valence-electron chi connectivity index (χ0n) is 23.1. The molecule has 1 aliphatic rings. The van der Waals surface area contributed by atoms with Gasteiger partial charge in [-0.2, -0.15) is 5.10 Å². The van der Waals surface area contributed by atoms with Gasteiger partial charge in [0.25, 0.3) is 0 Å². The van der Waals surface area contributed by atoms with E-state index in [-0.39, 0.29) is 22.5 Å². The highest BCUT2D eigenvalue weighted by Crippen LogP contribution is 2.32. The highest BCUT2D eigenvalue weighted by molar-refractivity contribution is 6.30. The van der Waals surface area contributed by atoms with Gasteiger partial charge in [0, 0.05) is 63.1 Å². The van der Waals surface area contributed by atoms with Crippen molar-refractivity contribution in [1.82, 2.24) is 24.6 Å². The number of nitrogens with one attached hydrogen (secondary N) is 2. The third-order valence-electron chi connectivity index (χ3n) is 7.41. The van der Waals surface area contributed by atoms with Crippen LogP contribution in [-0.2, 0) is 11.8 Å². The second kappa shape index (κ2) is 12.3. The quantitative estimate of drug-likeness (QED) is 0.319. The molecule has 11 heteroatoms. The molecule has 2 aromatic heterocycles. The minimum absolute atomic E-state index is 0.0594. The highest BCUT2D eigenvalue weighted by Gasteiger charge is 2.35. The number of benzene rings is 2. The zero-order valence-corrected chi connectivity index (χ0v) is 23.9. The molecule has 0 bridgehead atoms. The summed E-state index contributed by atoms with van der Waals surface area (Å²) in [7, 11) is 3.33. The number of carbonyl (C=O) groups excluding carboxylic acids is 1. The molecule has 9 nitrogen and oxygen atoms in total. The number of nitrogens with zero attached hydrogens (tertiary/aromatic N) is 4. The number of hydrogen-bond donors (Lipinski definition) is 2. The Morgan fingerprint density at radius 1 is 1.15 bits per heavy atom. The molecule has 0 unspecified atom stereocenters. The van der Waals surface area contributed by atoms with Crippen molar-refractivity contribution in [3.8, 4) is 16.9 Å². The maximum atomic E-state index is 14.4. The van der Waals surface area contributed by atoms with Gasteiger partial charge in [-0.25, -0.2) is 13.9 Å². The third-order valence-corrected chi connectivity index (χ3v) is 7.72. The van der Waals surface area contributed by atoms with Crippen LogP contribution in [0.5, 0.6) is 0 Å². The summed E-state index contributed by atoms with van der Waals surface area (Å²) in [5, 5.41) is 11.0. The number of pyridine rings is 1. The summed E-state index contributed by atoms with van der Waals surface area (Å²) in [4.78, 5) is 27.7. The molecule has 4 aromatic rings. The van der Waals surface area contributed by atoms with E-state index < -0.39 is 11.8 Å². The Labute approximate surface area is 242 Å². The smallest absolute Gasteiger partial charge is 0.320 e. The zero-order chi connectivity index (χ0) is 29.1. The number of carbonyl (C=O) groups is 1. The lowest BCUT2D eigenvalue weighted by Gasteiger charge is -2.21. The average Bonchev–Trinajstić information content (AvgIpc) is 3.51. The molecule has 2 N–H and O–H groups in total. The standard InChI is InChI=1S/C30H32ClFN6O3/c1-19-28(21-10-12-27(39)36(2)16-21)35-38(22-7-5-4-6-8-22)29(19)34-30(40)33-26-18-37(13-14-41-3)17-23(26)20-9-11-24(31)25(32)15-20/h4-12,15-16,23,26H,13-14,17-18H2,1-3H3,(H2,33,34,40)/t23-,26+/m1/s1. The number of hydrogen-bond acceptors (Lipinski definition) is 5. The molecule has 0 saturated carbocycles. The van der Waals surface area contributed by atoms with E-state index >= 15 is 0 Å². The average molecular weight is 579 g/mol. The summed E-state index contributed by atoms with van der Waals surface area (Å²) in [6.07, 6.45) is 1.72. The van der Waals surface area contributed by atoms with Crippen molar-refractivity contribution < 1.29 is 13.9 Å². The number of para-hydroxylation sites is 1. The normalized spacial score (nSPS) is 17.1. The minimum atomic E-state index is -0.490. The van der Waals surface area contributed by atoms with E-state index in [2.05, 4.69) is 15.5 Å². The van der Waals surface area contributed by atoms with E-state index in [0.717, 1.165) is 22.4 Å². The van der Waals surface area contributed by atoms with Crippen molar-refractivity contribution in [2.24, 2.45) is 7.05 Å². The number of amides is 2. The molecule has 2 aromatic carbocycles. The Kier molecular flexibility index (Phi) is 8.53. The second-order valence-corrected chi connectivity index (χ2v) is 10.6. The lowest BCUT2D eigenvalue weighted by atomic mass is 9.94. The number of urea groups is 1. The third kappa shape index (κ3) is 6.19. The SMILES string of the molecule is COCCN1C[C@H](NC(=O)Nc2c(C)c(-c3ccc(=O)n(C)c3)nn2-c2ccccc2)[C@@H](c2ccc(Cl)c(F)c2)C1. The van der Waals surface area contributed by atoms with Crippen LogP contribution < -0.4 is 16.2 Å². The summed E-state index contributed by atoms with van der Waals surface area (Å²) >= 11 is 5.93. The van der Waals surface area contributed by atoms with Gasteiger partial charge in [0.2, 0.25) is 5.56 Å². The Morgan fingerprint density at radius 2 is 1.93 bits per heavy atom. The van der Waals surface area contributed by atoms with Gasteiger partial charge < -0.3 is 14.6 Å². The number of aryl methyl sites for hydroxylation is 1. The number of aromatic nitrogens is 3. The lowest BCUT2D eigenvalue weighted by molar-refractivity contribution is 0.159. The maximum Gasteiger partial charge on any atom is 0.320 e. The van der Waals surface area contributed by atoms with Crippen molar-refractivity contribution >= 4 is 23.4 Å². The Hall–Kier alpha value is -3.99. The molecule has 1 saturated heterocycles. The van der Waals surface area contributed by atoms with Crippen molar-refractivity contribution in [2.75, 3.05) is 38.7 Å². The number of methoxy groups -OCH3 is 1. The molecule has 0 radical (unpaired) electrons. The van der Waals surface area contributed by atoms with Gasteiger partial charge in [0.05, 0.1) is 29.1 Å². The largest absolute Gasteiger partial charge is 0.383 e. The van der Waals surface area contributed by atoms with Crippen LogP contribution in [0.15, 0.2) is 71.7 Å². The first kappa shape index (κ1) is 28.5. The fraction of sp³-hybridized carbons (Fsp3) is 0.300. The number of anilines is 1. The monoisotopic (exact) mass is 578 g/mol. The van der Waals surface area contributed by atoms with E-state index in [1.54, 1.807) is 43.2 Å². The molecule has 0 aliphatic carbocycles. The molecule has 2 atom stereocenters. The van der Waals surface area contributed by atoms with Gasteiger partial charge in [0.15, 0.2) is 0 Å². The second-order valence-electron chi connectivity index (χ2n) is 10.2. The number of ether oxygens (including phenoxy) is 1. The molecule has 0 spiro atoms. The van der Waals surface area contributed by atoms with Gasteiger partial charge in [-0.05, 0) is 42.8 Å². The molecule has 2 amide bonds. The number of likely N-dealkylation sites (tertiary alicyclic amines) is 1. The van der Waals surface area contributed by atoms with E-state index in [4.69, 9.17) is 21.4 Å². The van der Waals surface area contributed by atoms with Crippen LogP contribution in [0.3, 0.4) is 0 Å². The van der Waals surface area contributed by atoms with Gasteiger partial charge >= 0.3 is 6.03 Å². The predicted octanol–water partition coefficient (Wildman–Crippen LogP) is 4.57. The summed E-state index contributed by atoms with van der Waals surface area (Å²) < 4.78 is 22.8. The van der Waals surface area contributed by atoms with Crippen LogP contribution in [0.2, 0.25) is 5.02 Å².